The van der Waals surface area contributed by atoms with Gasteiger partial charge in [-0.25, -0.2) is 4.79 Å². The van der Waals surface area contributed by atoms with Gasteiger partial charge >= 0.3 is 17.9 Å². The standard InChI is InChI=1S/C12H17NO9/c1-4(14)13-7-8(20-5(2)15)9(21-6(3)16)10(11(17)18)22-12(7)19/h7-10,12,19H,1-3H3,(H,13,14)(H,17,18)/t7-,8+,9+,10-,12+/m0/s1. The van der Waals surface area contributed by atoms with Crippen LogP contribution in [0.25, 0.3) is 0 Å². The fourth-order valence-electron chi connectivity index (χ4n) is 2.09. The Hall–Kier alpha value is -2.20. The molecule has 1 amide bonds. The Kier molecular flexibility index (Phi) is 5.83. The Balaban J connectivity index is 3.18. The number of ether oxygens (including phenoxy) is 3. The Morgan fingerprint density at radius 2 is 1.50 bits per heavy atom. The molecule has 0 aliphatic carbocycles. The van der Waals surface area contributed by atoms with Crippen molar-refractivity contribution in [2.75, 3.05) is 0 Å². The maximum atomic E-state index is 11.2. The van der Waals surface area contributed by atoms with Gasteiger partial charge in [-0.2, -0.15) is 0 Å². The third kappa shape index (κ3) is 4.40. The van der Waals surface area contributed by atoms with Crippen molar-refractivity contribution in [3.05, 3.63) is 0 Å². The zero-order chi connectivity index (χ0) is 17.0. The lowest BCUT2D eigenvalue weighted by Crippen LogP contribution is -2.66. The lowest BCUT2D eigenvalue weighted by molar-refractivity contribution is -0.258. The molecule has 1 aliphatic rings. The number of rotatable bonds is 4. The molecule has 1 rings (SSSR count). The summed E-state index contributed by atoms with van der Waals surface area (Å²) in [6.45, 7) is 3.22. The van der Waals surface area contributed by atoms with Crippen molar-refractivity contribution in [1.29, 1.82) is 0 Å². The number of hydrogen-bond donors (Lipinski definition) is 3. The summed E-state index contributed by atoms with van der Waals surface area (Å²) in [5.74, 6) is -3.76. The van der Waals surface area contributed by atoms with E-state index in [9.17, 15) is 24.3 Å². The van der Waals surface area contributed by atoms with Crippen molar-refractivity contribution in [1.82, 2.24) is 5.32 Å². The highest BCUT2D eigenvalue weighted by atomic mass is 16.7. The molecule has 10 heteroatoms. The van der Waals surface area contributed by atoms with E-state index in [0.29, 0.717) is 0 Å². The molecular weight excluding hydrogens is 302 g/mol. The first-order valence-electron chi connectivity index (χ1n) is 6.31. The quantitative estimate of drug-likeness (QED) is 0.508. The average Bonchev–Trinajstić information content (AvgIpc) is 2.34. The molecule has 124 valence electrons. The molecule has 0 unspecified atom stereocenters. The first-order chi connectivity index (χ1) is 10.1. The minimum absolute atomic E-state index is 0.583. The van der Waals surface area contributed by atoms with Crippen LogP contribution in [0.2, 0.25) is 0 Å². The fraction of sp³-hybridized carbons (Fsp3) is 0.667. The van der Waals surface area contributed by atoms with Gasteiger partial charge in [0, 0.05) is 20.8 Å². The van der Waals surface area contributed by atoms with Crippen LogP contribution in [0.3, 0.4) is 0 Å². The molecule has 1 fully saturated rings. The van der Waals surface area contributed by atoms with Gasteiger partial charge in [-0.1, -0.05) is 0 Å². The Bertz CT molecular complexity index is 477. The van der Waals surface area contributed by atoms with E-state index >= 15 is 0 Å². The van der Waals surface area contributed by atoms with Gasteiger partial charge in [0.15, 0.2) is 24.6 Å². The molecule has 0 radical (unpaired) electrons. The predicted octanol–water partition coefficient (Wildman–Crippen LogP) is -1.84. The van der Waals surface area contributed by atoms with Crippen LogP contribution in [0.1, 0.15) is 20.8 Å². The summed E-state index contributed by atoms with van der Waals surface area (Å²) in [7, 11) is 0. The largest absolute Gasteiger partial charge is 0.479 e. The summed E-state index contributed by atoms with van der Waals surface area (Å²) < 4.78 is 14.6. The zero-order valence-electron chi connectivity index (χ0n) is 12.1. The topological polar surface area (TPSA) is 148 Å². The zero-order valence-corrected chi connectivity index (χ0v) is 12.1. The van der Waals surface area contributed by atoms with Gasteiger partial charge in [-0.15, -0.1) is 0 Å². The van der Waals surface area contributed by atoms with E-state index in [1.165, 1.54) is 0 Å². The molecule has 0 aromatic heterocycles. The number of amides is 1. The highest BCUT2D eigenvalue weighted by Crippen LogP contribution is 2.25. The van der Waals surface area contributed by atoms with E-state index in [4.69, 9.17) is 19.3 Å². The number of carboxylic acid groups (broad SMARTS) is 1. The first kappa shape index (κ1) is 17.9. The minimum atomic E-state index is -1.76. The molecule has 0 saturated carbocycles. The molecule has 0 aromatic carbocycles. The lowest BCUT2D eigenvalue weighted by Gasteiger charge is -2.42. The van der Waals surface area contributed by atoms with E-state index in [0.717, 1.165) is 20.8 Å². The molecule has 10 nitrogen and oxygen atoms in total. The molecule has 1 aliphatic heterocycles. The van der Waals surface area contributed by atoms with Crippen LogP contribution in [0.5, 0.6) is 0 Å². The van der Waals surface area contributed by atoms with Crippen LogP contribution >= 0.6 is 0 Å². The van der Waals surface area contributed by atoms with Gasteiger partial charge in [0.1, 0.15) is 6.04 Å². The van der Waals surface area contributed by atoms with Crippen LogP contribution in [0.15, 0.2) is 0 Å². The number of nitrogens with one attached hydrogen (secondary N) is 1. The first-order valence-corrected chi connectivity index (χ1v) is 6.31. The monoisotopic (exact) mass is 319 g/mol. The van der Waals surface area contributed by atoms with Gasteiger partial charge in [0.2, 0.25) is 5.91 Å². The number of carbonyl (C=O) groups is 4. The SMILES string of the molecule is CC(=O)N[C@H]1[C@@H](OC(C)=O)[C@@H](OC(C)=O)[C@@H](C(=O)O)O[C@H]1O. The van der Waals surface area contributed by atoms with Crippen molar-refractivity contribution >= 4 is 23.8 Å². The van der Waals surface area contributed by atoms with Crippen molar-refractivity contribution in [3.63, 3.8) is 0 Å². The van der Waals surface area contributed by atoms with Gasteiger partial charge in [-0.05, 0) is 0 Å². The van der Waals surface area contributed by atoms with E-state index in [1.807, 2.05) is 0 Å². The van der Waals surface area contributed by atoms with Crippen LogP contribution < -0.4 is 5.32 Å². The number of hydrogen-bond acceptors (Lipinski definition) is 8. The Morgan fingerprint density at radius 3 is 1.91 bits per heavy atom. The number of aliphatic hydroxyl groups is 1. The summed E-state index contributed by atoms with van der Waals surface area (Å²) in [5.41, 5.74) is 0. The van der Waals surface area contributed by atoms with E-state index in [-0.39, 0.29) is 0 Å². The highest BCUT2D eigenvalue weighted by Gasteiger charge is 2.52. The molecule has 3 N–H and O–H groups in total. The number of aliphatic carboxylic acids is 1. The third-order valence-electron chi connectivity index (χ3n) is 2.79. The molecule has 0 spiro atoms. The second kappa shape index (κ2) is 7.18. The molecule has 0 aromatic rings. The van der Waals surface area contributed by atoms with Gasteiger partial charge < -0.3 is 29.7 Å². The average molecular weight is 319 g/mol. The molecule has 1 saturated heterocycles. The highest BCUT2D eigenvalue weighted by molar-refractivity contribution is 5.76. The number of esters is 2. The number of carboxylic acids is 1. The van der Waals surface area contributed by atoms with E-state index in [2.05, 4.69) is 5.32 Å². The summed E-state index contributed by atoms with van der Waals surface area (Å²) in [5, 5.41) is 21.2. The van der Waals surface area contributed by atoms with Crippen molar-refractivity contribution in [2.24, 2.45) is 0 Å². The van der Waals surface area contributed by atoms with Crippen LogP contribution in [-0.4, -0.2) is 64.7 Å². The van der Waals surface area contributed by atoms with Gasteiger partial charge in [0.05, 0.1) is 0 Å². The van der Waals surface area contributed by atoms with E-state index < -0.39 is 54.5 Å². The molecular formula is C12H17NO9. The van der Waals surface area contributed by atoms with Crippen LogP contribution in [-0.2, 0) is 33.4 Å². The number of aliphatic hydroxyl groups excluding tert-OH is 1. The summed E-state index contributed by atoms with van der Waals surface area (Å²) >= 11 is 0. The predicted molar refractivity (Wildman–Crippen MR) is 67.2 cm³/mol. The van der Waals surface area contributed by atoms with Gasteiger partial charge in [0.25, 0.3) is 0 Å². The molecule has 0 bridgehead atoms. The molecule has 1 heterocycles. The third-order valence-corrected chi connectivity index (χ3v) is 2.79. The smallest absolute Gasteiger partial charge is 0.337 e. The van der Waals surface area contributed by atoms with E-state index in [1.54, 1.807) is 0 Å². The van der Waals surface area contributed by atoms with Crippen molar-refractivity contribution in [3.8, 4) is 0 Å². The normalized spacial score (nSPS) is 31.0. The molecule has 5 atom stereocenters. The summed E-state index contributed by atoms with van der Waals surface area (Å²) in [6.07, 6.45) is -6.47. The second-order valence-electron chi connectivity index (χ2n) is 4.66. The Labute approximate surface area is 125 Å². The van der Waals surface area contributed by atoms with Crippen LogP contribution in [0, 0.1) is 0 Å². The molecule has 22 heavy (non-hydrogen) atoms. The van der Waals surface area contributed by atoms with Crippen molar-refractivity contribution < 1.29 is 43.6 Å². The minimum Gasteiger partial charge on any atom is -0.479 e. The second-order valence-corrected chi connectivity index (χ2v) is 4.66. The summed E-state index contributed by atoms with van der Waals surface area (Å²) in [6, 6.07) is -1.29. The number of carbonyl (C=O) groups excluding carboxylic acids is 3. The Morgan fingerprint density at radius 1 is 1.00 bits per heavy atom. The van der Waals surface area contributed by atoms with Gasteiger partial charge in [-0.3, -0.25) is 14.4 Å². The van der Waals surface area contributed by atoms with Crippen molar-refractivity contribution in [2.45, 2.75) is 51.4 Å². The maximum Gasteiger partial charge on any atom is 0.337 e. The summed E-state index contributed by atoms with van der Waals surface area (Å²) in [4.78, 5) is 44.8. The lowest BCUT2D eigenvalue weighted by atomic mass is 9.96. The maximum absolute atomic E-state index is 11.2. The fourth-order valence-corrected chi connectivity index (χ4v) is 2.09. The van der Waals surface area contributed by atoms with Crippen LogP contribution in [0.4, 0.5) is 0 Å².